The van der Waals surface area contributed by atoms with Crippen LogP contribution in [0.1, 0.15) is 5.82 Å². The molecule has 0 unspecified atom stereocenters. The molecule has 3 aromatic heterocycles. The van der Waals surface area contributed by atoms with Crippen LogP contribution in [0.3, 0.4) is 0 Å². The van der Waals surface area contributed by atoms with Gasteiger partial charge >= 0.3 is 0 Å². The molecule has 0 spiro atoms. The summed E-state index contributed by atoms with van der Waals surface area (Å²) >= 11 is 4.95. The van der Waals surface area contributed by atoms with Gasteiger partial charge in [-0.2, -0.15) is 0 Å². The van der Waals surface area contributed by atoms with Crippen molar-refractivity contribution >= 4 is 50.5 Å². The van der Waals surface area contributed by atoms with Gasteiger partial charge < -0.3 is 5.32 Å². The van der Waals surface area contributed by atoms with Crippen LogP contribution in [0.15, 0.2) is 27.4 Å². The number of aromatic nitrogens is 3. The van der Waals surface area contributed by atoms with Gasteiger partial charge in [0.1, 0.15) is 20.8 Å². The highest BCUT2D eigenvalue weighted by Crippen LogP contribution is 2.28. The molecule has 4 nitrogen and oxygen atoms in total. The van der Waals surface area contributed by atoms with Crippen molar-refractivity contribution in [3.63, 3.8) is 0 Å². The van der Waals surface area contributed by atoms with Crippen LogP contribution < -0.4 is 5.32 Å². The molecule has 0 radical (unpaired) electrons. The van der Waals surface area contributed by atoms with Crippen molar-refractivity contribution in [3.8, 4) is 0 Å². The van der Waals surface area contributed by atoms with E-state index in [0.717, 1.165) is 32.0 Å². The van der Waals surface area contributed by atoms with Crippen molar-refractivity contribution in [3.05, 3.63) is 28.8 Å². The molecule has 7 heteroatoms. The van der Waals surface area contributed by atoms with Crippen molar-refractivity contribution < 1.29 is 0 Å². The second kappa shape index (κ2) is 5.21. The minimum atomic E-state index is 0.746. The maximum atomic E-state index is 4.57. The molecule has 0 saturated heterocycles. The molecule has 0 aliphatic carbocycles. The molecule has 0 aromatic carbocycles. The topological polar surface area (TPSA) is 50.7 Å². The third kappa shape index (κ3) is 2.33. The highest BCUT2D eigenvalue weighted by Gasteiger charge is 2.08. The lowest BCUT2D eigenvalue weighted by atomic mass is 10.4. The zero-order chi connectivity index (χ0) is 12.4. The number of anilines is 1. The summed E-state index contributed by atoms with van der Waals surface area (Å²) in [6.07, 6.45) is 1.81. The fourth-order valence-electron chi connectivity index (χ4n) is 1.56. The first-order valence-corrected chi connectivity index (χ1v) is 8.05. The maximum absolute atomic E-state index is 4.57. The summed E-state index contributed by atoms with van der Waals surface area (Å²) in [5, 5.41) is 8.23. The standard InChI is InChI=1S/C11H10N4S3/c1-12-9-7-2-4-16-10(7)15-8(14-9)6-18-11-13-3-5-17-11/h2-5H,6H2,1H3,(H,12,14,15). The number of fused-ring (bicyclic) bond motifs is 1. The van der Waals surface area contributed by atoms with Crippen LogP contribution in [-0.2, 0) is 5.75 Å². The van der Waals surface area contributed by atoms with Crippen LogP contribution in [0.4, 0.5) is 5.82 Å². The first kappa shape index (κ1) is 11.9. The molecular formula is C11H10N4S3. The molecule has 0 fully saturated rings. The summed E-state index contributed by atoms with van der Waals surface area (Å²) in [5.41, 5.74) is 0. The molecule has 0 bridgehead atoms. The average Bonchev–Trinajstić information content (AvgIpc) is 3.06. The van der Waals surface area contributed by atoms with Crippen LogP contribution in [0, 0.1) is 0 Å². The van der Waals surface area contributed by atoms with Gasteiger partial charge in [0, 0.05) is 18.6 Å². The Morgan fingerprint density at radius 1 is 1.28 bits per heavy atom. The SMILES string of the molecule is CNc1nc(CSc2nccs2)nc2sccc12. The maximum Gasteiger partial charge on any atom is 0.150 e. The van der Waals surface area contributed by atoms with Crippen molar-refractivity contribution in [1.29, 1.82) is 0 Å². The molecule has 0 atom stereocenters. The quantitative estimate of drug-likeness (QED) is 0.747. The number of thiazole rings is 1. The van der Waals surface area contributed by atoms with Crippen LogP contribution in [0.25, 0.3) is 10.2 Å². The second-order valence-electron chi connectivity index (χ2n) is 3.46. The van der Waals surface area contributed by atoms with E-state index in [1.54, 1.807) is 34.4 Å². The molecule has 1 N–H and O–H groups in total. The molecule has 18 heavy (non-hydrogen) atoms. The molecule has 3 heterocycles. The van der Waals surface area contributed by atoms with E-state index in [9.17, 15) is 0 Å². The fraction of sp³-hybridized carbons (Fsp3) is 0.182. The number of hydrogen-bond donors (Lipinski definition) is 1. The summed E-state index contributed by atoms with van der Waals surface area (Å²) < 4.78 is 1.05. The Kier molecular flexibility index (Phi) is 3.44. The second-order valence-corrected chi connectivity index (χ2v) is 6.48. The van der Waals surface area contributed by atoms with E-state index < -0.39 is 0 Å². The highest BCUT2D eigenvalue weighted by molar-refractivity contribution is 8.00. The van der Waals surface area contributed by atoms with Gasteiger partial charge in [0.25, 0.3) is 0 Å². The van der Waals surface area contributed by atoms with Gasteiger partial charge in [0.2, 0.25) is 0 Å². The summed E-state index contributed by atoms with van der Waals surface area (Å²) in [5.74, 6) is 2.49. The van der Waals surface area contributed by atoms with Gasteiger partial charge in [-0.25, -0.2) is 15.0 Å². The van der Waals surface area contributed by atoms with E-state index in [1.807, 2.05) is 30.1 Å². The predicted molar refractivity (Wildman–Crippen MR) is 78.6 cm³/mol. The van der Waals surface area contributed by atoms with Crippen molar-refractivity contribution in [1.82, 2.24) is 15.0 Å². The molecule has 3 rings (SSSR count). The monoisotopic (exact) mass is 294 g/mol. The number of nitrogens with zero attached hydrogens (tertiary/aromatic N) is 3. The Balaban J connectivity index is 1.87. The Labute approximate surface area is 117 Å². The molecular weight excluding hydrogens is 284 g/mol. The van der Waals surface area contributed by atoms with E-state index in [4.69, 9.17) is 0 Å². The molecule has 0 aliphatic heterocycles. The molecule has 0 aliphatic rings. The average molecular weight is 294 g/mol. The molecule has 0 amide bonds. The van der Waals surface area contributed by atoms with E-state index >= 15 is 0 Å². The van der Waals surface area contributed by atoms with Crippen LogP contribution in [0.5, 0.6) is 0 Å². The number of rotatable bonds is 4. The summed E-state index contributed by atoms with van der Waals surface area (Å²) in [6, 6.07) is 2.05. The smallest absolute Gasteiger partial charge is 0.150 e. The Bertz CT molecular complexity index is 647. The zero-order valence-corrected chi connectivity index (χ0v) is 12.0. The van der Waals surface area contributed by atoms with Gasteiger partial charge in [-0.05, 0) is 11.4 Å². The fourth-order valence-corrected chi connectivity index (χ4v) is 3.84. The minimum Gasteiger partial charge on any atom is -0.372 e. The first-order chi connectivity index (χ1) is 8.86. The van der Waals surface area contributed by atoms with E-state index in [2.05, 4.69) is 20.3 Å². The van der Waals surface area contributed by atoms with E-state index in [0.29, 0.717) is 0 Å². The van der Waals surface area contributed by atoms with Crippen molar-refractivity contribution in [2.75, 3.05) is 12.4 Å². The predicted octanol–water partition coefficient (Wildman–Crippen LogP) is 3.48. The normalized spacial score (nSPS) is 10.9. The van der Waals surface area contributed by atoms with E-state index in [-0.39, 0.29) is 0 Å². The van der Waals surface area contributed by atoms with Crippen LogP contribution in [-0.4, -0.2) is 22.0 Å². The third-order valence-electron chi connectivity index (χ3n) is 2.34. The Morgan fingerprint density at radius 3 is 3.00 bits per heavy atom. The van der Waals surface area contributed by atoms with Gasteiger partial charge in [-0.1, -0.05) is 11.8 Å². The number of hydrogen-bond acceptors (Lipinski definition) is 7. The summed E-state index contributed by atoms with van der Waals surface area (Å²) in [6.45, 7) is 0. The molecule has 0 saturated carbocycles. The summed E-state index contributed by atoms with van der Waals surface area (Å²) in [4.78, 5) is 14.4. The lowest BCUT2D eigenvalue weighted by Gasteiger charge is -2.04. The molecule has 92 valence electrons. The lowest BCUT2D eigenvalue weighted by molar-refractivity contribution is 1.07. The zero-order valence-electron chi connectivity index (χ0n) is 9.58. The number of thioether (sulfide) groups is 1. The molecule has 3 aromatic rings. The van der Waals surface area contributed by atoms with Gasteiger partial charge in [-0.3, -0.25) is 0 Å². The lowest BCUT2D eigenvalue weighted by Crippen LogP contribution is -1.99. The van der Waals surface area contributed by atoms with Gasteiger partial charge in [-0.15, -0.1) is 22.7 Å². The third-order valence-corrected chi connectivity index (χ3v) is 5.11. The van der Waals surface area contributed by atoms with Crippen molar-refractivity contribution in [2.45, 2.75) is 10.1 Å². The largest absolute Gasteiger partial charge is 0.372 e. The summed E-state index contributed by atoms with van der Waals surface area (Å²) in [7, 11) is 1.89. The van der Waals surface area contributed by atoms with Crippen LogP contribution >= 0.6 is 34.4 Å². The van der Waals surface area contributed by atoms with E-state index in [1.165, 1.54) is 0 Å². The highest BCUT2D eigenvalue weighted by atomic mass is 32.2. The first-order valence-electron chi connectivity index (χ1n) is 5.31. The van der Waals surface area contributed by atoms with Crippen molar-refractivity contribution in [2.24, 2.45) is 0 Å². The number of nitrogens with one attached hydrogen (secondary N) is 1. The number of thiophene rings is 1. The Morgan fingerprint density at radius 2 is 2.22 bits per heavy atom. The minimum absolute atomic E-state index is 0.746. The van der Waals surface area contributed by atoms with Gasteiger partial charge in [0.15, 0.2) is 0 Å². The van der Waals surface area contributed by atoms with Gasteiger partial charge in [0.05, 0.1) is 11.1 Å². The van der Waals surface area contributed by atoms with Crippen LogP contribution in [0.2, 0.25) is 0 Å². The Hall–Kier alpha value is -1.18.